The van der Waals surface area contributed by atoms with Crippen molar-refractivity contribution in [2.24, 2.45) is 5.73 Å². The summed E-state index contributed by atoms with van der Waals surface area (Å²) in [6, 6.07) is 11.0. The van der Waals surface area contributed by atoms with Crippen molar-refractivity contribution in [3.63, 3.8) is 0 Å². The zero-order valence-electron chi connectivity index (χ0n) is 16.5. The second-order valence-electron chi connectivity index (χ2n) is 7.50. The molecule has 2 aromatic heterocycles. The van der Waals surface area contributed by atoms with Crippen LogP contribution < -0.4 is 11.1 Å². The number of furan rings is 1. The van der Waals surface area contributed by atoms with Crippen molar-refractivity contribution in [3.8, 4) is 11.4 Å². The average molecular weight is 414 g/mol. The second-order valence-corrected chi connectivity index (χ2v) is 8.44. The van der Waals surface area contributed by atoms with Crippen LogP contribution in [0.2, 0.25) is 0 Å². The largest absolute Gasteiger partial charge is 0.467 e. The number of carbonyl (C=O) groups is 2. The van der Waals surface area contributed by atoms with Gasteiger partial charge in [-0.2, -0.15) is 0 Å². The second kappa shape index (κ2) is 8.52. The molecule has 29 heavy (non-hydrogen) atoms. The molecule has 0 radical (unpaired) electrons. The molecule has 2 heterocycles. The van der Waals surface area contributed by atoms with E-state index in [4.69, 9.17) is 10.2 Å². The first-order valence-corrected chi connectivity index (χ1v) is 10.0. The third-order valence-corrected chi connectivity index (χ3v) is 5.18. The fraction of sp³-hybridized carbons (Fsp3) is 0.300. The molecule has 3 amide bonds. The van der Waals surface area contributed by atoms with Crippen LogP contribution in [-0.2, 0) is 16.8 Å². The Bertz CT molecular complexity index is 988. The summed E-state index contributed by atoms with van der Waals surface area (Å²) in [5.41, 5.74) is 7.16. The minimum absolute atomic E-state index is 0.0117. The molecular formula is C20H23N5O3S. The van der Waals surface area contributed by atoms with E-state index >= 15 is 0 Å². The number of nitrogens with two attached hydrogens (primary N) is 1. The number of rotatable bonds is 6. The van der Waals surface area contributed by atoms with Crippen LogP contribution in [-0.4, -0.2) is 32.5 Å². The standard InChI is InChI=1S/C20H23N5O3S/c1-20(2,3)14-8-6-13(7-9-14)17-23-24-19(29-12-16(26)22-18(21)27)25(17)11-15-5-4-10-28-15/h4-10H,11-12H2,1-3H3,(H3,21,22,26,27). The molecule has 0 saturated carbocycles. The maximum Gasteiger partial charge on any atom is 0.318 e. The monoisotopic (exact) mass is 413 g/mol. The molecule has 0 unspecified atom stereocenters. The molecule has 0 aliphatic rings. The molecule has 9 heteroatoms. The zero-order valence-corrected chi connectivity index (χ0v) is 17.3. The number of primary amides is 1. The van der Waals surface area contributed by atoms with E-state index in [2.05, 4.69) is 43.1 Å². The van der Waals surface area contributed by atoms with E-state index in [0.717, 1.165) is 11.3 Å². The fourth-order valence-electron chi connectivity index (χ4n) is 2.73. The van der Waals surface area contributed by atoms with Crippen molar-refractivity contribution in [2.45, 2.75) is 37.9 Å². The molecule has 152 valence electrons. The lowest BCUT2D eigenvalue weighted by Gasteiger charge is -2.19. The van der Waals surface area contributed by atoms with Gasteiger partial charge in [0.2, 0.25) is 5.91 Å². The highest BCUT2D eigenvalue weighted by Crippen LogP contribution is 2.28. The summed E-state index contributed by atoms with van der Waals surface area (Å²) < 4.78 is 7.35. The summed E-state index contributed by atoms with van der Waals surface area (Å²) in [7, 11) is 0. The van der Waals surface area contributed by atoms with Crippen molar-refractivity contribution in [1.82, 2.24) is 20.1 Å². The Kier molecular flexibility index (Phi) is 6.07. The Morgan fingerprint density at radius 3 is 2.48 bits per heavy atom. The number of thioether (sulfide) groups is 1. The smallest absolute Gasteiger partial charge is 0.318 e. The van der Waals surface area contributed by atoms with Crippen LogP contribution in [0.5, 0.6) is 0 Å². The first-order valence-electron chi connectivity index (χ1n) is 9.02. The molecule has 0 fully saturated rings. The molecule has 0 atom stereocenters. The summed E-state index contributed by atoms with van der Waals surface area (Å²) >= 11 is 1.17. The number of urea groups is 1. The van der Waals surface area contributed by atoms with Crippen molar-refractivity contribution in [3.05, 3.63) is 54.0 Å². The molecule has 0 saturated heterocycles. The molecular weight excluding hydrogens is 390 g/mol. The molecule has 3 N–H and O–H groups in total. The topological polar surface area (TPSA) is 116 Å². The maximum atomic E-state index is 11.8. The Hall–Kier alpha value is -3.07. The van der Waals surface area contributed by atoms with Gasteiger partial charge < -0.3 is 10.2 Å². The number of hydrogen-bond acceptors (Lipinski definition) is 6. The number of nitrogens with one attached hydrogen (secondary N) is 1. The number of aromatic nitrogens is 3. The molecule has 1 aromatic carbocycles. The highest BCUT2D eigenvalue weighted by Gasteiger charge is 2.19. The molecule has 0 spiro atoms. The van der Waals surface area contributed by atoms with Crippen LogP contribution in [0.3, 0.4) is 0 Å². The third-order valence-electron chi connectivity index (χ3n) is 4.21. The summed E-state index contributed by atoms with van der Waals surface area (Å²) in [6.07, 6.45) is 1.60. The van der Waals surface area contributed by atoms with Crippen molar-refractivity contribution < 1.29 is 14.0 Å². The number of imide groups is 1. The van der Waals surface area contributed by atoms with Crippen LogP contribution in [0.15, 0.2) is 52.2 Å². The number of carbonyl (C=O) groups excluding carboxylic acids is 2. The van der Waals surface area contributed by atoms with Crippen LogP contribution in [0.25, 0.3) is 11.4 Å². The third kappa shape index (κ3) is 5.26. The van der Waals surface area contributed by atoms with Gasteiger partial charge in [-0.1, -0.05) is 56.8 Å². The lowest BCUT2D eigenvalue weighted by atomic mass is 9.87. The SMILES string of the molecule is CC(C)(C)c1ccc(-c2nnc(SCC(=O)NC(N)=O)n2Cc2ccco2)cc1. The van der Waals surface area contributed by atoms with Crippen molar-refractivity contribution in [1.29, 1.82) is 0 Å². The molecule has 3 rings (SSSR count). The van der Waals surface area contributed by atoms with Gasteiger partial charge in [-0.25, -0.2) is 4.79 Å². The van der Waals surface area contributed by atoms with E-state index in [9.17, 15) is 9.59 Å². The Morgan fingerprint density at radius 2 is 1.90 bits per heavy atom. The van der Waals surface area contributed by atoms with Gasteiger partial charge in [0.1, 0.15) is 5.76 Å². The molecule has 0 bridgehead atoms. The molecule has 3 aromatic rings. The Balaban J connectivity index is 1.89. The van der Waals surface area contributed by atoms with Crippen molar-refractivity contribution in [2.75, 3.05) is 5.75 Å². The van der Waals surface area contributed by atoms with Gasteiger partial charge in [-0.3, -0.25) is 14.7 Å². The van der Waals surface area contributed by atoms with E-state index in [0.29, 0.717) is 17.5 Å². The van der Waals surface area contributed by atoms with Gasteiger partial charge in [0.25, 0.3) is 0 Å². The first-order chi connectivity index (χ1) is 13.7. The van der Waals surface area contributed by atoms with Gasteiger partial charge >= 0.3 is 6.03 Å². The van der Waals surface area contributed by atoms with Gasteiger partial charge in [0.15, 0.2) is 11.0 Å². The van der Waals surface area contributed by atoms with E-state index in [1.807, 2.05) is 34.1 Å². The van der Waals surface area contributed by atoms with E-state index in [1.54, 1.807) is 6.26 Å². The summed E-state index contributed by atoms with van der Waals surface area (Å²) in [6.45, 7) is 6.89. The van der Waals surface area contributed by atoms with Gasteiger partial charge in [0.05, 0.1) is 18.6 Å². The number of amides is 3. The number of nitrogens with zero attached hydrogens (tertiary/aromatic N) is 3. The number of hydrogen-bond donors (Lipinski definition) is 2. The normalized spacial score (nSPS) is 11.4. The van der Waals surface area contributed by atoms with Gasteiger partial charge in [-0.15, -0.1) is 10.2 Å². The van der Waals surface area contributed by atoms with Gasteiger partial charge in [-0.05, 0) is 23.1 Å². The maximum absolute atomic E-state index is 11.8. The lowest BCUT2D eigenvalue weighted by molar-refractivity contribution is -0.117. The Labute approximate surface area is 172 Å². The number of benzene rings is 1. The van der Waals surface area contributed by atoms with Crippen LogP contribution in [0, 0.1) is 0 Å². The van der Waals surface area contributed by atoms with Crippen molar-refractivity contribution >= 4 is 23.7 Å². The summed E-state index contributed by atoms with van der Waals surface area (Å²) in [4.78, 5) is 22.6. The zero-order chi connectivity index (χ0) is 21.0. The highest BCUT2D eigenvalue weighted by atomic mass is 32.2. The molecule has 0 aliphatic heterocycles. The minimum atomic E-state index is -0.882. The predicted octanol–water partition coefficient (Wildman–Crippen LogP) is 3.17. The predicted molar refractivity (Wildman–Crippen MR) is 110 cm³/mol. The fourth-order valence-corrected chi connectivity index (χ4v) is 3.47. The minimum Gasteiger partial charge on any atom is -0.467 e. The van der Waals surface area contributed by atoms with Gasteiger partial charge in [0, 0.05) is 5.56 Å². The molecule has 0 aliphatic carbocycles. The Morgan fingerprint density at radius 1 is 1.17 bits per heavy atom. The summed E-state index contributed by atoms with van der Waals surface area (Å²) in [5, 5.41) is 11.1. The van der Waals surface area contributed by atoms with Crippen LogP contribution in [0.4, 0.5) is 4.79 Å². The first kappa shape index (κ1) is 20.7. The van der Waals surface area contributed by atoms with Crippen LogP contribution >= 0.6 is 11.8 Å². The average Bonchev–Trinajstić information content (AvgIpc) is 3.29. The van der Waals surface area contributed by atoms with E-state index in [1.165, 1.54) is 17.3 Å². The quantitative estimate of drug-likeness (QED) is 0.600. The summed E-state index contributed by atoms with van der Waals surface area (Å²) in [5.74, 6) is 0.897. The van der Waals surface area contributed by atoms with Crippen LogP contribution in [0.1, 0.15) is 32.1 Å². The molecule has 8 nitrogen and oxygen atoms in total. The van der Waals surface area contributed by atoms with E-state index < -0.39 is 11.9 Å². The lowest BCUT2D eigenvalue weighted by Crippen LogP contribution is -2.36. The highest BCUT2D eigenvalue weighted by molar-refractivity contribution is 7.99. The van der Waals surface area contributed by atoms with E-state index in [-0.39, 0.29) is 11.2 Å².